The monoisotopic (exact) mass is 436 g/mol. The summed E-state index contributed by atoms with van der Waals surface area (Å²) in [7, 11) is -5.74. The number of ether oxygens (including phenoxy) is 1. The van der Waals surface area contributed by atoms with Crippen LogP contribution in [0.2, 0.25) is 0 Å². The molecule has 0 aromatic heterocycles. The number of sulfonamides is 1. The van der Waals surface area contributed by atoms with E-state index in [1.165, 1.54) is 56.8 Å². The van der Waals surface area contributed by atoms with Gasteiger partial charge in [0.15, 0.2) is 0 Å². The molecule has 0 heterocycles. The Morgan fingerprint density at radius 1 is 0.966 bits per heavy atom. The minimum absolute atomic E-state index is 0.121. The first-order chi connectivity index (χ1) is 13.7. The molecule has 0 fully saturated rings. The van der Waals surface area contributed by atoms with E-state index in [4.69, 9.17) is 4.74 Å². The van der Waals surface area contributed by atoms with Crippen LogP contribution in [0.3, 0.4) is 0 Å². The average molecular weight is 437 g/mol. The highest BCUT2D eigenvalue weighted by Gasteiger charge is 2.46. The molecule has 5 nitrogen and oxygen atoms in total. The van der Waals surface area contributed by atoms with E-state index in [9.17, 15) is 26.7 Å². The highest BCUT2D eigenvalue weighted by molar-refractivity contribution is 7.91. The molecule has 0 radical (unpaired) electrons. The molecule has 0 bridgehead atoms. The van der Waals surface area contributed by atoms with Crippen LogP contribution >= 0.6 is 0 Å². The molecule has 1 aliphatic rings. The minimum atomic E-state index is -5.74. The van der Waals surface area contributed by atoms with Gasteiger partial charge in [-0.3, -0.25) is 0 Å². The lowest BCUT2D eigenvalue weighted by atomic mass is 10.1. The minimum Gasteiger partial charge on any atom is -0.613 e. The molecular weight excluding hydrogens is 407 g/mol. The molecule has 0 aromatic carbocycles. The Morgan fingerprint density at radius 3 is 2.03 bits per heavy atom. The van der Waals surface area contributed by atoms with Crippen LogP contribution in [-0.4, -0.2) is 26.2 Å². The summed E-state index contributed by atoms with van der Waals surface area (Å²) in [5.41, 5.74) is -6.43. The zero-order valence-corrected chi connectivity index (χ0v) is 17.5. The Balaban J connectivity index is 2.43. The van der Waals surface area contributed by atoms with E-state index in [1.54, 1.807) is 0 Å². The molecule has 0 saturated carbocycles. The number of halogens is 3. The van der Waals surface area contributed by atoms with E-state index in [-0.39, 0.29) is 12.2 Å². The van der Waals surface area contributed by atoms with Crippen molar-refractivity contribution in [3.8, 4) is 0 Å². The molecule has 29 heavy (non-hydrogen) atoms. The van der Waals surface area contributed by atoms with Crippen molar-refractivity contribution in [3.05, 3.63) is 35.8 Å². The first-order valence-corrected chi connectivity index (χ1v) is 11.4. The summed E-state index contributed by atoms with van der Waals surface area (Å²) in [5.74, 6) is -0.891. The second-order valence-corrected chi connectivity index (χ2v) is 8.44. The zero-order valence-electron chi connectivity index (χ0n) is 16.7. The Bertz CT molecular complexity index is 722. The molecule has 1 rings (SSSR count). The van der Waals surface area contributed by atoms with Crippen LogP contribution < -0.4 is 5.11 Å². The van der Waals surface area contributed by atoms with Gasteiger partial charge in [-0.25, -0.2) is 0 Å². The largest absolute Gasteiger partial charge is 0.613 e. The smallest absolute Gasteiger partial charge is 0.518 e. The van der Waals surface area contributed by atoms with Gasteiger partial charge in [0.25, 0.3) is 0 Å². The van der Waals surface area contributed by atoms with E-state index >= 15 is 0 Å². The van der Waals surface area contributed by atoms with Crippen molar-refractivity contribution in [2.45, 2.75) is 76.6 Å². The molecular formula is C20H29F3NO4S-. The number of allylic oxidation sites excluding steroid dienone is 5. The van der Waals surface area contributed by atoms with Gasteiger partial charge in [-0.2, -0.15) is 26.0 Å². The lowest BCUT2D eigenvalue weighted by Gasteiger charge is -2.20. The number of alkyl halides is 3. The summed E-state index contributed by atoms with van der Waals surface area (Å²) < 4.78 is 67.7. The summed E-state index contributed by atoms with van der Waals surface area (Å²) in [6.07, 6.45) is 16.1. The first-order valence-electron chi connectivity index (χ1n) is 9.99. The Hall–Kier alpha value is -1.77. The van der Waals surface area contributed by atoms with Crippen LogP contribution in [0.4, 0.5) is 13.2 Å². The van der Waals surface area contributed by atoms with Crippen molar-refractivity contribution in [1.29, 1.82) is 0 Å². The fraction of sp³-hybridized carbons (Fsp3) is 0.650. The van der Waals surface area contributed by atoms with Gasteiger partial charge in [0.05, 0.1) is 11.7 Å². The maximum Gasteiger partial charge on any atom is 0.518 e. The summed E-state index contributed by atoms with van der Waals surface area (Å²) in [6, 6.07) is 0. The van der Waals surface area contributed by atoms with E-state index in [1.807, 2.05) is 0 Å². The summed E-state index contributed by atoms with van der Waals surface area (Å²) >= 11 is 0. The van der Waals surface area contributed by atoms with Gasteiger partial charge in [0, 0.05) is 5.57 Å². The number of rotatable bonds is 13. The van der Waals surface area contributed by atoms with Crippen LogP contribution in [0.1, 0.15) is 71.1 Å². The van der Waals surface area contributed by atoms with E-state index < -0.39 is 27.2 Å². The highest BCUT2D eigenvalue weighted by atomic mass is 32.2. The fourth-order valence-electron chi connectivity index (χ4n) is 2.74. The molecule has 0 aliphatic heterocycles. The van der Waals surface area contributed by atoms with Gasteiger partial charge >= 0.3 is 15.5 Å². The molecule has 0 N–H and O–H groups in total. The quantitative estimate of drug-likeness (QED) is 0.303. The Labute approximate surface area is 171 Å². The standard InChI is InChI=1S/C20H30F3NO4S/c1-2-3-4-5-6-7-8-9-10-13-16-28-19(25)17-14-11-12-15-18(17)24-29(26,27)20(21,22)23/h11-12,14-15,25H,2-10,13,16H2,1H3/p-1/b19-17+,24-18+. The third kappa shape index (κ3) is 9.51. The van der Waals surface area contributed by atoms with Gasteiger partial charge in [0.2, 0.25) is 0 Å². The lowest BCUT2D eigenvalue weighted by Crippen LogP contribution is -2.23. The first kappa shape index (κ1) is 25.3. The van der Waals surface area contributed by atoms with Crippen LogP contribution in [0.5, 0.6) is 0 Å². The van der Waals surface area contributed by atoms with Gasteiger partial charge in [0.1, 0.15) is 0 Å². The van der Waals surface area contributed by atoms with Crippen LogP contribution in [0, 0.1) is 0 Å². The summed E-state index contributed by atoms with van der Waals surface area (Å²) in [4.78, 5) is 0. The number of nitrogens with zero attached hydrogens (tertiary/aromatic N) is 1. The predicted octanol–water partition coefficient (Wildman–Crippen LogP) is 4.91. The zero-order chi connectivity index (χ0) is 21.8. The van der Waals surface area contributed by atoms with Crippen molar-refractivity contribution in [2.24, 2.45) is 4.40 Å². The van der Waals surface area contributed by atoms with Crippen LogP contribution in [0.15, 0.2) is 40.2 Å². The van der Waals surface area contributed by atoms with E-state index in [2.05, 4.69) is 11.3 Å². The van der Waals surface area contributed by atoms with Gasteiger partial charge < -0.3 is 9.84 Å². The maximum absolute atomic E-state index is 12.5. The molecule has 9 heteroatoms. The van der Waals surface area contributed by atoms with Crippen molar-refractivity contribution in [1.82, 2.24) is 0 Å². The number of unbranched alkanes of at least 4 members (excludes halogenated alkanes) is 9. The highest BCUT2D eigenvalue weighted by Crippen LogP contribution is 2.26. The second kappa shape index (κ2) is 12.7. The molecule has 0 spiro atoms. The summed E-state index contributed by atoms with van der Waals surface area (Å²) in [6.45, 7) is 2.31. The molecule has 1 aliphatic carbocycles. The lowest BCUT2D eigenvalue weighted by molar-refractivity contribution is -0.358. The molecule has 166 valence electrons. The van der Waals surface area contributed by atoms with Crippen molar-refractivity contribution in [3.63, 3.8) is 0 Å². The van der Waals surface area contributed by atoms with Crippen molar-refractivity contribution < 1.29 is 31.4 Å². The van der Waals surface area contributed by atoms with Gasteiger partial charge in [-0.15, -0.1) is 0 Å². The SMILES string of the molecule is CCCCCCCCCCCCO/C([O-])=C1\C=CC=C\C1=N/S(=O)(=O)C(F)(F)F. The van der Waals surface area contributed by atoms with E-state index in [0.717, 1.165) is 25.3 Å². The average Bonchev–Trinajstić information content (AvgIpc) is 2.65. The Kier molecular flexibility index (Phi) is 11.1. The number of hydrogen-bond acceptors (Lipinski definition) is 4. The summed E-state index contributed by atoms with van der Waals surface area (Å²) in [5, 5.41) is 12.1. The third-order valence-electron chi connectivity index (χ3n) is 4.37. The predicted molar refractivity (Wildman–Crippen MR) is 106 cm³/mol. The van der Waals surface area contributed by atoms with Crippen LogP contribution in [-0.2, 0) is 14.8 Å². The van der Waals surface area contributed by atoms with Crippen LogP contribution in [0.25, 0.3) is 0 Å². The topological polar surface area (TPSA) is 78.8 Å². The second-order valence-electron chi connectivity index (χ2n) is 6.85. The Morgan fingerprint density at radius 2 is 1.48 bits per heavy atom. The van der Waals surface area contributed by atoms with Gasteiger partial charge in [-0.05, 0) is 19.1 Å². The fourth-order valence-corrected chi connectivity index (χ4v) is 3.26. The van der Waals surface area contributed by atoms with Gasteiger partial charge in [-0.1, -0.05) is 82.9 Å². The molecule has 0 saturated heterocycles. The molecule has 0 amide bonds. The van der Waals surface area contributed by atoms with E-state index in [0.29, 0.717) is 6.42 Å². The number of hydrogen-bond donors (Lipinski definition) is 0. The normalized spacial score (nSPS) is 17.7. The van der Waals surface area contributed by atoms with Crippen molar-refractivity contribution >= 4 is 15.7 Å². The van der Waals surface area contributed by atoms with Crippen molar-refractivity contribution in [2.75, 3.05) is 6.61 Å². The maximum atomic E-state index is 12.5. The molecule has 0 aromatic rings. The third-order valence-corrected chi connectivity index (χ3v) is 5.39. The molecule has 0 unspecified atom stereocenters. The molecule has 0 atom stereocenters.